The highest BCUT2D eigenvalue weighted by Crippen LogP contribution is 2.44. The molecule has 21 heavy (non-hydrogen) atoms. The van der Waals surface area contributed by atoms with Crippen LogP contribution in [0.2, 0.25) is 0 Å². The first-order chi connectivity index (χ1) is 10.4. The van der Waals surface area contributed by atoms with Gasteiger partial charge in [-0.3, -0.25) is 4.90 Å². The minimum atomic E-state index is 0.374. The summed E-state index contributed by atoms with van der Waals surface area (Å²) in [6.07, 6.45) is 5.13. The lowest BCUT2D eigenvalue weighted by atomic mass is 9.77. The molecule has 0 aromatic heterocycles. The quantitative estimate of drug-likeness (QED) is 0.792. The van der Waals surface area contributed by atoms with Gasteiger partial charge in [-0.2, -0.15) is 0 Å². The molecule has 0 bridgehead atoms. The number of rotatable bonds is 0. The molecule has 3 atom stereocenters. The molecule has 4 nitrogen and oxygen atoms in total. The standard InChI is InChI=1S/C17H22N2O2/c1-2-12-9-19-5-3-11-6-16-17(21-10-20-16)7-13(11)15(19)8-14(12)18-4-1/h6-7,12,14-15,18H,1-5,8-10H2/t12-,14+,15+/m1/s1. The van der Waals surface area contributed by atoms with E-state index in [1.165, 1.54) is 50.0 Å². The van der Waals surface area contributed by atoms with Crippen molar-refractivity contribution in [1.29, 1.82) is 0 Å². The van der Waals surface area contributed by atoms with E-state index >= 15 is 0 Å². The summed E-state index contributed by atoms with van der Waals surface area (Å²) in [4.78, 5) is 2.71. The Kier molecular flexibility index (Phi) is 2.70. The summed E-state index contributed by atoms with van der Waals surface area (Å²) in [6.45, 7) is 4.03. The molecule has 2 fully saturated rings. The first-order valence-electron chi connectivity index (χ1n) is 8.28. The Bertz CT molecular complexity index is 574. The molecule has 4 aliphatic rings. The first kappa shape index (κ1) is 12.3. The van der Waals surface area contributed by atoms with Crippen LogP contribution in [-0.2, 0) is 6.42 Å². The second-order valence-corrected chi connectivity index (χ2v) is 6.86. The molecule has 4 heteroatoms. The van der Waals surface area contributed by atoms with Crippen LogP contribution in [0.5, 0.6) is 11.5 Å². The van der Waals surface area contributed by atoms with Gasteiger partial charge in [0.1, 0.15) is 0 Å². The third-order valence-electron chi connectivity index (χ3n) is 5.78. The Labute approximate surface area is 125 Å². The third-order valence-corrected chi connectivity index (χ3v) is 5.78. The number of nitrogens with one attached hydrogen (secondary N) is 1. The highest BCUT2D eigenvalue weighted by Gasteiger charge is 2.40. The van der Waals surface area contributed by atoms with Crippen molar-refractivity contribution in [3.8, 4) is 11.5 Å². The predicted molar refractivity (Wildman–Crippen MR) is 79.7 cm³/mol. The van der Waals surface area contributed by atoms with Gasteiger partial charge in [0.15, 0.2) is 11.5 Å². The van der Waals surface area contributed by atoms with Crippen LogP contribution in [0.3, 0.4) is 0 Å². The maximum Gasteiger partial charge on any atom is 0.231 e. The van der Waals surface area contributed by atoms with Crippen molar-refractivity contribution in [2.24, 2.45) is 5.92 Å². The number of fused-ring (bicyclic) bond motifs is 5. The molecule has 4 aliphatic heterocycles. The molecule has 0 amide bonds. The lowest BCUT2D eigenvalue weighted by molar-refractivity contribution is 0.0551. The molecule has 0 spiro atoms. The van der Waals surface area contributed by atoms with Crippen LogP contribution in [0, 0.1) is 5.92 Å². The fraction of sp³-hybridized carbons (Fsp3) is 0.647. The van der Waals surface area contributed by atoms with Gasteiger partial charge in [-0.05, 0) is 61.4 Å². The van der Waals surface area contributed by atoms with E-state index in [1.807, 2.05) is 0 Å². The van der Waals surface area contributed by atoms with Gasteiger partial charge < -0.3 is 14.8 Å². The normalized spacial score (nSPS) is 34.0. The van der Waals surface area contributed by atoms with Gasteiger partial charge >= 0.3 is 0 Å². The Balaban J connectivity index is 1.50. The molecule has 1 aromatic rings. The van der Waals surface area contributed by atoms with E-state index in [0.29, 0.717) is 18.9 Å². The van der Waals surface area contributed by atoms with Crippen molar-refractivity contribution < 1.29 is 9.47 Å². The second kappa shape index (κ2) is 4.62. The Morgan fingerprint density at radius 1 is 1.19 bits per heavy atom. The fourth-order valence-corrected chi connectivity index (χ4v) is 4.69. The SMILES string of the molecule is c1c2c(cc3c1OCO3)[C@@H]1C[C@@H]3NCCC[C@@H]3CN1CC2. The molecular weight excluding hydrogens is 264 g/mol. The van der Waals surface area contributed by atoms with Gasteiger partial charge in [-0.25, -0.2) is 0 Å². The average molecular weight is 286 g/mol. The van der Waals surface area contributed by atoms with Crippen molar-refractivity contribution >= 4 is 0 Å². The Morgan fingerprint density at radius 2 is 2.10 bits per heavy atom. The smallest absolute Gasteiger partial charge is 0.231 e. The Hall–Kier alpha value is -1.26. The second-order valence-electron chi connectivity index (χ2n) is 6.86. The van der Waals surface area contributed by atoms with Crippen molar-refractivity contribution in [3.63, 3.8) is 0 Å². The van der Waals surface area contributed by atoms with Gasteiger partial charge in [0, 0.05) is 25.2 Å². The number of hydrogen-bond donors (Lipinski definition) is 1. The molecule has 0 saturated carbocycles. The van der Waals surface area contributed by atoms with Gasteiger partial charge in [0.05, 0.1) is 0 Å². The largest absolute Gasteiger partial charge is 0.454 e. The maximum absolute atomic E-state index is 5.59. The number of nitrogens with zero attached hydrogens (tertiary/aromatic N) is 1. The number of benzene rings is 1. The number of ether oxygens (including phenoxy) is 2. The zero-order valence-electron chi connectivity index (χ0n) is 12.3. The van der Waals surface area contributed by atoms with Crippen molar-refractivity contribution in [1.82, 2.24) is 10.2 Å². The van der Waals surface area contributed by atoms with Crippen molar-refractivity contribution in [2.45, 2.75) is 37.8 Å². The molecule has 112 valence electrons. The van der Waals surface area contributed by atoms with Crippen LogP contribution in [0.4, 0.5) is 0 Å². The molecule has 0 radical (unpaired) electrons. The average Bonchev–Trinajstić information content (AvgIpc) is 2.98. The number of piperidine rings is 2. The summed E-state index contributed by atoms with van der Waals surface area (Å²) in [6, 6.07) is 5.74. The fourth-order valence-electron chi connectivity index (χ4n) is 4.69. The lowest BCUT2D eigenvalue weighted by Gasteiger charge is -2.49. The van der Waals surface area contributed by atoms with E-state index in [0.717, 1.165) is 23.8 Å². The topological polar surface area (TPSA) is 33.7 Å². The highest BCUT2D eigenvalue weighted by atomic mass is 16.7. The highest BCUT2D eigenvalue weighted by molar-refractivity contribution is 5.50. The molecule has 5 rings (SSSR count). The van der Waals surface area contributed by atoms with Gasteiger partial charge in [-0.1, -0.05) is 0 Å². The van der Waals surface area contributed by atoms with Crippen molar-refractivity contribution in [2.75, 3.05) is 26.4 Å². The van der Waals surface area contributed by atoms with Crippen LogP contribution in [-0.4, -0.2) is 37.4 Å². The molecular formula is C17H22N2O2. The minimum absolute atomic E-state index is 0.374. The summed E-state index contributed by atoms with van der Waals surface area (Å²) in [5, 5.41) is 3.75. The third kappa shape index (κ3) is 1.89. The summed E-state index contributed by atoms with van der Waals surface area (Å²) < 4.78 is 11.1. The molecule has 2 saturated heterocycles. The van der Waals surface area contributed by atoms with Crippen LogP contribution < -0.4 is 14.8 Å². The molecule has 4 heterocycles. The van der Waals surface area contributed by atoms with Crippen LogP contribution in [0.1, 0.15) is 36.4 Å². The van der Waals surface area contributed by atoms with E-state index < -0.39 is 0 Å². The van der Waals surface area contributed by atoms with Gasteiger partial charge in [0.2, 0.25) is 6.79 Å². The van der Waals surface area contributed by atoms with Crippen LogP contribution in [0.25, 0.3) is 0 Å². The zero-order valence-corrected chi connectivity index (χ0v) is 12.3. The van der Waals surface area contributed by atoms with Crippen LogP contribution in [0.15, 0.2) is 12.1 Å². The first-order valence-corrected chi connectivity index (χ1v) is 8.28. The summed E-state index contributed by atoms with van der Waals surface area (Å²) in [7, 11) is 0. The van der Waals surface area contributed by atoms with Crippen LogP contribution >= 0.6 is 0 Å². The lowest BCUT2D eigenvalue weighted by Crippen LogP contribution is -2.54. The molecule has 0 aliphatic carbocycles. The van der Waals surface area contributed by atoms with Gasteiger partial charge in [-0.15, -0.1) is 0 Å². The van der Waals surface area contributed by atoms with E-state index in [2.05, 4.69) is 22.3 Å². The van der Waals surface area contributed by atoms with E-state index in [-0.39, 0.29) is 0 Å². The summed E-state index contributed by atoms with van der Waals surface area (Å²) in [5.41, 5.74) is 2.95. The van der Waals surface area contributed by atoms with E-state index in [4.69, 9.17) is 9.47 Å². The van der Waals surface area contributed by atoms with E-state index in [9.17, 15) is 0 Å². The molecule has 1 N–H and O–H groups in total. The zero-order chi connectivity index (χ0) is 13.8. The monoisotopic (exact) mass is 286 g/mol. The maximum atomic E-state index is 5.59. The summed E-state index contributed by atoms with van der Waals surface area (Å²) >= 11 is 0. The Morgan fingerprint density at radius 3 is 3.05 bits per heavy atom. The predicted octanol–water partition coefficient (Wildman–Crippen LogP) is 2.09. The minimum Gasteiger partial charge on any atom is -0.454 e. The molecule has 1 aromatic carbocycles. The number of hydrogen-bond acceptors (Lipinski definition) is 4. The van der Waals surface area contributed by atoms with Crippen molar-refractivity contribution in [3.05, 3.63) is 23.3 Å². The van der Waals surface area contributed by atoms with E-state index in [1.54, 1.807) is 0 Å². The molecule has 0 unspecified atom stereocenters. The van der Waals surface area contributed by atoms with Gasteiger partial charge in [0.25, 0.3) is 0 Å². The summed E-state index contributed by atoms with van der Waals surface area (Å²) in [5.74, 6) is 2.73.